The van der Waals surface area contributed by atoms with Crippen LogP contribution in [0.1, 0.15) is 33.6 Å². The number of likely N-dealkylation sites (tertiary alicyclic amines) is 1. The first kappa shape index (κ1) is 17.4. The highest BCUT2D eigenvalue weighted by Crippen LogP contribution is 2.24. The van der Waals surface area contributed by atoms with Crippen molar-refractivity contribution in [2.75, 3.05) is 25.5 Å². The standard InChI is InChI=1S/C17H25FN2O3/c1-17(2,3)23-16(21)20-9-5-6-13(20)11-19-12-7-8-14(18)15(10-12)22-4/h7-8,10,13,19H,5-6,9,11H2,1-4H3. The summed E-state index contributed by atoms with van der Waals surface area (Å²) >= 11 is 0. The van der Waals surface area contributed by atoms with Gasteiger partial charge in [0, 0.05) is 24.8 Å². The van der Waals surface area contributed by atoms with Crippen LogP contribution in [0.5, 0.6) is 5.75 Å². The summed E-state index contributed by atoms with van der Waals surface area (Å²) in [5, 5.41) is 3.24. The van der Waals surface area contributed by atoms with Crippen LogP contribution in [0.3, 0.4) is 0 Å². The molecule has 5 nitrogen and oxygen atoms in total. The number of amides is 1. The fraction of sp³-hybridized carbons (Fsp3) is 0.588. The Labute approximate surface area is 136 Å². The highest BCUT2D eigenvalue weighted by atomic mass is 19.1. The van der Waals surface area contributed by atoms with E-state index in [2.05, 4.69) is 5.32 Å². The molecule has 0 spiro atoms. The first-order valence-electron chi connectivity index (χ1n) is 7.87. The second kappa shape index (κ2) is 7.06. The van der Waals surface area contributed by atoms with Crippen LogP contribution >= 0.6 is 0 Å². The molecule has 0 radical (unpaired) electrons. The summed E-state index contributed by atoms with van der Waals surface area (Å²) in [5.41, 5.74) is 0.265. The number of methoxy groups -OCH3 is 1. The van der Waals surface area contributed by atoms with Gasteiger partial charge >= 0.3 is 6.09 Å². The SMILES string of the molecule is COc1cc(NCC2CCCN2C(=O)OC(C)(C)C)ccc1F. The van der Waals surface area contributed by atoms with Crippen molar-refractivity contribution in [3.8, 4) is 5.75 Å². The average Bonchev–Trinajstić information content (AvgIpc) is 2.93. The molecule has 1 N–H and O–H groups in total. The normalized spacial score (nSPS) is 18.0. The highest BCUT2D eigenvalue weighted by Gasteiger charge is 2.31. The molecule has 2 rings (SSSR count). The number of hydrogen-bond donors (Lipinski definition) is 1. The summed E-state index contributed by atoms with van der Waals surface area (Å²) in [6.45, 7) is 6.87. The lowest BCUT2D eigenvalue weighted by atomic mass is 10.2. The van der Waals surface area contributed by atoms with E-state index in [9.17, 15) is 9.18 Å². The zero-order valence-corrected chi connectivity index (χ0v) is 14.2. The molecule has 6 heteroatoms. The van der Waals surface area contributed by atoms with Gasteiger partial charge in [-0.05, 0) is 45.7 Å². The van der Waals surface area contributed by atoms with Crippen molar-refractivity contribution in [3.05, 3.63) is 24.0 Å². The van der Waals surface area contributed by atoms with Gasteiger partial charge in [0.1, 0.15) is 5.60 Å². The number of ether oxygens (including phenoxy) is 2. The van der Waals surface area contributed by atoms with Crippen LogP contribution in [0.25, 0.3) is 0 Å². The third-order valence-corrected chi connectivity index (χ3v) is 3.70. The Morgan fingerprint density at radius 1 is 1.43 bits per heavy atom. The van der Waals surface area contributed by atoms with Crippen molar-refractivity contribution < 1.29 is 18.7 Å². The molecular weight excluding hydrogens is 299 g/mol. The number of halogens is 1. The minimum atomic E-state index is -0.498. The Kier molecular flexibility index (Phi) is 5.34. The quantitative estimate of drug-likeness (QED) is 0.918. The number of carbonyl (C=O) groups is 1. The van der Waals surface area contributed by atoms with E-state index >= 15 is 0 Å². The predicted molar refractivity (Wildman–Crippen MR) is 87.4 cm³/mol. The molecule has 1 aromatic carbocycles. The van der Waals surface area contributed by atoms with Gasteiger partial charge in [-0.3, -0.25) is 0 Å². The summed E-state index contributed by atoms with van der Waals surface area (Å²) in [7, 11) is 1.43. The van der Waals surface area contributed by atoms with E-state index in [4.69, 9.17) is 9.47 Å². The maximum absolute atomic E-state index is 13.4. The summed E-state index contributed by atoms with van der Waals surface area (Å²) in [6, 6.07) is 4.70. The monoisotopic (exact) mass is 324 g/mol. The lowest BCUT2D eigenvalue weighted by Crippen LogP contribution is -2.42. The molecular formula is C17H25FN2O3. The Balaban J connectivity index is 1.95. The fourth-order valence-corrected chi connectivity index (χ4v) is 2.61. The summed E-state index contributed by atoms with van der Waals surface area (Å²) in [5.74, 6) is -0.195. The third kappa shape index (κ3) is 4.74. The van der Waals surface area contributed by atoms with E-state index < -0.39 is 11.4 Å². The molecule has 1 aromatic rings. The van der Waals surface area contributed by atoms with Gasteiger partial charge in [-0.25, -0.2) is 9.18 Å². The van der Waals surface area contributed by atoms with E-state index in [1.165, 1.54) is 13.2 Å². The van der Waals surface area contributed by atoms with Crippen LogP contribution in [-0.2, 0) is 4.74 Å². The summed E-state index contributed by atoms with van der Waals surface area (Å²) in [4.78, 5) is 14.0. The van der Waals surface area contributed by atoms with E-state index in [-0.39, 0.29) is 17.9 Å². The number of hydrogen-bond acceptors (Lipinski definition) is 4. The number of benzene rings is 1. The van der Waals surface area contributed by atoms with E-state index in [1.807, 2.05) is 20.8 Å². The van der Waals surface area contributed by atoms with Crippen LogP contribution in [0.2, 0.25) is 0 Å². The van der Waals surface area contributed by atoms with Crippen molar-refractivity contribution in [2.45, 2.75) is 45.3 Å². The molecule has 1 atom stereocenters. The molecule has 0 aromatic heterocycles. The molecule has 0 saturated carbocycles. The van der Waals surface area contributed by atoms with Gasteiger partial charge in [0.25, 0.3) is 0 Å². The summed E-state index contributed by atoms with van der Waals surface area (Å²) in [6.07, 6.45) is 1.60. The van der Waals surface area contributed by atoms with Gasteiger partial charge in [0.05, 0.1) is 13.2 Å². The second-order valence-corrected chi connectivity index (χ2v) is 6.70. The topological polar surface area (TPSA) is 50.8 Å². The largest absolute Gasteiger partial charge is 0.494 e. The Hall–Kier alpha value is -1.98. The molecule has 1 amide bonds. The zero-order valence-electron chi connectivity index (χ0n) is 14.2. The van der Waals surface area contributed by atoms with Crippen LogP contribution in [0, 0.1) is 5.82 Å². The van der Waals surface area contributed by atoms with Gasteiger partial charge in [0.2, 0.25) is 0 Å². The fourth-order valence-electron chi connectivity index (χ4n) is 2.61. The van der Waals surface area contributed by atoms with Crippen LogP contribution in [0.15, 0.2) is 18.2 Å². The van der Waals surface area contributed by atoms with E-state index in [0.717, 1.165) is 18.5 Å². The predicted octanol–water partition coefficient (Wildman–Crippen LogP) is 3.65. The van der Waals surface area contributed by atoms with Crippen LogP contribution < -0.4 is 10.1 Å². The first-order chi connectivity index (χ1) is 10.8. The van der Waals surface area contributed by atoms with Crippen molar-refractivity contribution in [1.29, 1.82) is 0 Å². The van der Waals surface area contributed by atoms with Crippen LogP contribution in [0.4, 0.5) is 14.9 Å². The molecule has 1 saturated heterocycles. The number of nitrogens with one attached hydrogen (secondary N) is 1. The molecule has 1 unspecified atom stereocenters. The number of carbonyl (C=O) groups excluding carboxylic acids is 1. The van der Waals surface area contributed by atoms with Gasteiger partial charge in [0.15, 0.2) is 11.6 Å². The second-order valence-electron chi connectivity index (χ2n) is 6.70. The highest BCUT2D eigenvalue weighted by molar-refractivity contribution is 5.69. The number of rotatable bonds is 4. The molecule has 1 heterocycles. The summed E-state index contributed by atoms with van der Waals surface area (Å²) < 4.78 is 23.8. The molecule has 1 aliphatic rings. The lowest BCUT2D eigenvalue weighted by Gasteiger charge is -2.29. The van der Waals surface area contributed by atoms with Crippen LogP contribution in [-0.4, -0.2) is 42.8 Å². The molecule has 0 bridgehead atoms. The van der Waals surface area contributed by atoms with E-state index in [1.54, 1.807) is 17.0 Å². The van der Waals surface area contributed by atoms with Gasteiger partial charge in [-0.15, -0.1) is 0 Å². The number of anilines is 1. The Bertz CT molecular complexity index is 557. The smallest absolute Gasteiger partial charge is 0.410 e. The maximum atomic E-state index is 13.4. The molecule has 1 fully saturated rings. The third-order valence-electron chi connectivity index (χ3n) is 3.70. The van der Waals surface area contributed by atoms with Gasteiger partial charge in [-0.1, -0.05) is 0 Å². The lowest BCUT2D eigenvalue weighted by molar-refractivity contribution is 0.0235. The van der Waals surface area contributed by atoms with Gasteiger partial charge in [-0.2, -0.15) is 0 Å². The molecule has 0 aliphatic carbocycles. The zero-order chi connectivity index (χ0) is 17.0. The number of nitrogens with zero attached hydrogens (tertiary/aromatic N) is 1. The van der Waals surface area contributed by atoms with Crippen molar-refractivity contribution in [2.24, 2.45) is 0 Å². The average molecular weight is 324 g/mol. The minimum Gasteiger partial charge on any atom is -0.494 e. The van der Waals surface area contributed by atoms with E-state index in [0.29, 0.717) is 13.1 Å². The maximum Gasteiger partial charge on any atom is 0.410 e. The minimum absolute atomic E-state index is 0.0703. The Morgan fingerprint density at radius 3 is 2.83 bits per heavy atom. The van der Waals surface area contributed by atoms with Crippen molar-refractivity contribution >= 4 is 11.8 Å². The van der Waals surface area contributed by atoms with Crippen molar-refractivity contribution in [1.82, 2.24) is 4.90 Å². The molecule has 23 heavy (non-hydrogen) atoms. The first-order valence-corrected chi connectivity index (χ1v) is 7.87. The Morgan fingerprint density at radius 2 is 2.17 bits per heavy atom. The molecule has 128 valence electrons. The van der Waals surface area contributed by atoms with Gasteiger partial charge < -0.3 is 19.7 Å². The molecule has 1 aliphatic heterocycles. The van der Waals surface area contributed by atoms with Crippen molar-refractivity contribution in [3.63, 3.8) is 0 Å².